The van der Waals surface area contributed by atoms with Gasteiger partial charge in [0, 0.05) is 16.7 Å². The van der Waals surface area contributed by atoms with Crippen LogP contribution in [-0.2, 0) is 22.4 Å². The van der Waals surface area contributed by atoms with Crippen molar-refractivity contribution in [2.24, 2.45) is 0 Å². The normalized spacial score (nSPS) is 18.0. The molecule has 0 saturated carbocycles. The molecule has 32 heavy (non-hydrogen) atoms. The number of hydrogen-bond acceptors (Lipinski definition) is 3. The van der Waals surface area contributed by atoms with E-state index >= 15 is 0 Å². The van der Waals surface area contributed by atoms with Gasteiger partial charge in [-0.25, -0.2) is 4.39 Å². The molecule has 0 saturated heterocycles. The molecule has 0 fully saturated rings. The van der Waals surface area contributed by atoms with E-state index in [1.807, 2.05) is 12.1 Å². The predicted octanol–water partition coefficient (Wildman–Crippen LogP) is 5.13. The summed E-state index contributed by atoms with van der Waals surface area (Å²) in [5.41, 5.74) is 0.661. The minimum atomic E-state index is -2.00. The Hall–Kier alpha value is -3.31. The van der Waals surface area contributed by atoms with Crippen LogP contribution in [0.4, 0.5) is 10.1 Å². The van der Waals surface area contributed by atoms with E-state index < -0.39 is 17.3 Å². The number of amides is 1. The largest absolute Gasteiger partial charge is 0.375 e. The van der Waals surface area contributed by atoms with Crippen LogP contribution in [0.2, 0.25) is 0 Å². The molecule has 0 aromatic heterocycles. The fourth-order valence-electron chi connectivity index (χ4n) is 4.12. The molecule has 3 aromatic rings. The molecule has 5 heteroatoms. The maximum atomic E-state index is 14.2. The average Bonchev–Trinajstić information content (AvgIpc) is 2.97. The van der Waals surface area contributed by atoms with E-state index in [1.165, 1.54) is 11.0 Å². The van der Waals surface area contributed by atoms with Crippen LogP contribution in [0.5, 0.6) is 0 Å². The van der Waals surface area contributed by atoms with E-state index in [-0.39, 0.29) is 24.2 Å². The van der Waals surface area contributed by atoms with Gasteiger partial charge in [0.15, 0.2) is 11.4 Å². The molecule has 0 unspecified atom stereocenters. The Bertz CT molecular complexity index is 1180. The van der Waals surface area contributed by atoms with E-state index in [1.54, 1.807) is 54.6 Å². The van der Waals surface area contributed by atoms with Crippen LogP contribution >= 0.6 is 0 Å². The molecule has 1 heterocycles. The van der Waals surface area contributed by atoms with Crippen LogP contribution < -0.4 is 4.90 Å². The van der Waals surface area contributed by atoms with Crippen molar-refractivity contribution >= 4 is 17.4 Å². The molecule has 0 aliphatic carbocycles. The molecule has 4 nitrogen and oxygen atoms in total. The van der Waals surface area contributed by atoms with Crippen LogP contribution in [0.25, 0.3) is 0 Å². The summed E-state index contributed by atoms with van der Waals surface area (Å²) in [4.78, 5) is 27.8. The lowest BCUT2D eigenvalue weighted by atomic mass is 9.85. The third kappa shape index (κ3) is 3.84. The number of halogens is 1. The highest BCUT2D eigenvalue weighted by Gasteiger charge is 2.50. The molecular formula is C27H26FNO3. The van der Waals surface area contributed by atoms with Gasteiger partial charge in [-0.3, -0.25) is 9.59 Å². The number of Topliss-reactive ketones (excluding diaryl/α,β-unsaturated/α-hetero) is 1. The van der Waals surface area contributed by atoms with Crippen LogP contribution in [0.15, 0.2) is 72.8 Å². The second-order valence-electron chi connectivity index (χ2n) is 9.29. The third-order valence-electron chi connectivity index (χ3n) is 6.01. The lowest BCUT2D eigenvalue weighted by molar-refractivity contribution is -0.136. The molecule has 164 valence electrons. The quantitative estimate of drug-likeness (QED) is 0.570. The summed E-state index contributed by atoms with van der Waals surface area (Å²) in [6.45, 7) is 6.24. The smallest absolute Gasteiger partial charge is 0.264 e. The predicted molar refractivity (Wildman–Crippen MR) is 122 cm³/mol. The number of nitrogens with zero attached hydrogens (tertiary/aromatic N) is 1. The molecule has 3 aromatic carbocycles. The Morgan fingerprint density at radius 1 is 0.969 bits per heavy atom. The number of carbonyl (C=O) groups is 2. The average molecular weight is 432 g/mol. The van der Waals surface area contributed by atoms with Gasteiger partial charge in [0.25, 0.3) is 5.91 Å². The highest BCUT2D eigenvalue weighted by molar-refractivity contribution is 6.10. The summed E-state index contributed by atoms with van der Waals surface area (Å²) in [5.74, 6) is -1.38. The molecule has 0 spiro atoms. The van der Waals surface area contributed by atoms with Crippen LogP contribution in [0, 0.1) is 5.82 Å². The van der Waals surface area contributed by atoms with Gasteiger partial charge in [0.2, 0.25) is 0 Å². The minimum Gasteiger partial charge on any atom is -0.375 e. The summed E-state index contributed by atoms with van der Waals surface area (Å²) < 4.78 is 14.2. The molecule has 1 N–H and O–H groups in total. The Labute approximate surface area is 187 Å². The number of carbonyl (C=O) groups excluding carboxylic acids is 2. The third-order valence-corrected chi connectivity index (χ3v) is 6.01. The standard InChI is InChI=1S/C27H26FNO3/c1-26(2,3)20-14-12-18(13-15-20)24(30)16-27(32)21-9-5-7-11-23(21)29(25(27)31)17-19-8-4-6-10-22(19)28/h4-15,32H,16-17H2,1-3H3/t27-/m0/s1. The zero-order valence-corrected chi connectivity index (χ0v) is 18.4. The Morgan fingerprint density at radius 2 is 1.59 bits per heavy atom. The molecule has 1 amide bonds. The summed E-state index contributed by atoms with van der Waals surface area (Å²) in [6.07, 6.45) is -0.383. The number of anilines is 1. The molecule has 4 rings (SSSR count). The van der Waals surface area contributed by atoms with Gasteiger partial charge in [-0.15, -0.1) is 0 Å². The van der Waals surface area contributed by atoms with E-state index in [0.29, 0.717) is 22.4 Å². The molecule has 1 aliphatic rings. The lowest BCUT2D eigenvalue weighted by Gasteiger charge is -2.23. The van der Waals surface area contributed by atoms with E-state index in [9.17, 15) is 19.1 Å². The van der Waals surface area contributed by atoms with Crippen LogP contribution in [0.1, 0.15) is 54.2 Å². The first-order valence-electron chi connectivity index (χ1n) is 10.6. The number of aliphatic hydroxyl groups is 1. The monoisotopic (exact) mass is 431 g/mol. The first-order chi connectivity index (χ1) is 15.1. The van der Waals surface area contributed by atoms with E-state index in [2.05, 4.69) is 20.8 Å². The Balaban J connectivity index is 1.64. The number of benzene rings is 3. The van der Waals surface area contributed by atoms with Gasteiger partial charge in [0.1, 0.15) is 5.82 Å². The van der Waals surface area contributed by atoms with Crippen molar-refractivity contribution in [3.8, 4) is 0 Å². The van der Waals surface area contributed by atoms with Gasteiger partial charge in [-0.2, -0.15) is 0 Å². The second-order valence-corrected chi connectivity index (χ2v) is 9.29. The van der Waals surface area contributed by atoms with Gasteiger partial charge in [0.05, 0.1) is 18.7 Å². The highest BCUT2D eigenvalue weighted by Crippen LogP contribution is 2.43. The molecule has 1 atom stereocenters. The zero-order chi connectivity index (χ0) is 23.1. The number of fused-ring (bicyclic) bond motifs is 1. The van der Waals surface area contributed by atoms with Gasteiger partial charge >= 0.3 is 0 Å². The van der Waals surface area contributed by atoms with E-state index in [0.717, 1.165) is 5.56 Å². The maximum Gasteiger partial charge on any atom is 0.264 e. The van der Waals surface area contributed by atoms with Crippen molar-refractivity contribution in [3.05, 3.63) is 101 Å². The number of rotatable bonds is 5. The molecule has 1 aliphatic heterocycles. The van der Waals surface area contributed by atoms with Crippen molar-refractivity contribution < 1.29 is 19.1 Å². The first kappa shape index (κ1) is 21.9. The molecular weight excluding hydrogens is 405 g/mol. The van der Waals surface area contributed by atoms with Crippen LogP contribution in [-0.4, -0.2) is 16.8 Å². The van der Waals surface area contributed by atoms with Crippen molar-refractivity contribution in [2.45, 2.75) is 44.8 Å². The van der Waals surface area contributed by atoms with E-state index in [4.69, 9.17) is 0 Å². The summed E-state index contributed by atoms with van der Waals surface area (Å²) in [6, 6.07) is 20.3. The Kier molecular flexibility index (Phi) is 5.47. The topological polar surface area (TPSA) is 57.6 Å². The Morgan fingerprint density at radius 3 is 2.25 bits per heavy atom. The van der Waals surface area contributed by atoms with Crippen molar-refractivity contribution in [3.63, 3.8) is 0 Å². The summed E-state index contributed by atoms with van der Waals surface area (Å²) >= 11 is 0. The zero-order valence-electron chi connectivity index (χ0n) is 18.4. The maximum absolute atomic E-state index is 14.2. The van der Waals surface area contributed by atoms with Crippen molar-refractivity contribution in [2.75, 3.05) is 4.90 Å². The first-order valence-corrected chi connectivity index (χ1v) is 10.6. The van der Waals surface area contributed by atoms with Gasteiger partial charge in [-0.1, -0.05) is 81.4 Å². The van der Waals surface area contributed by atoms with Gasteiger partial charge < -0.3 is 10.0 Å². The van der Waals surface area contributed by atoms with Crippen LogP contribution in [0.3, 0.4) is 0 Å². The minimum absolute atomic E-state index is 0.0285. The lowest BCUT2D eigenvalue weighted by Crippen LogP contribution is -2.41. The van der Waals surface area contributed by atoms with Crippen molar-refractivity contribution in [1.82, 2.24) is 0 Å². The second kappa shape index (κ2) is 7.99. The number of para-hydroxylation sites is 1. The molecule has 0 radical (unpaired) electrons. The summed E-state index contributed by atoms with van der Waals surface area (Å²) in [7, 11) is 0. The SMILES string of the molecule is CC(C)(C)c1ccc(C(=O)C[C@@]2(O)C(=O)N(Cc3ccccc3F)c3ccccc32)cc1. The highest BCUT2D eigenvalue weighted by atomic mass is 19.1. The fraction of sp³-hybridized carbons (Fsp3) is 0.259. The number of ketones is 1. The van der Waals surface area contributed by atoms with Gasteiger partial charge in [-0.05, 0) is 23.1 Å². The van der Waals surface area contributed by atoms with Crippen molar-refractivity contribution in [1.29, 1.82) is 0 Å². The fourth-order valence-corrected chi connectivity index (χ4v) is 4.12. The summed E-state index contributed by atoms with van der Waals surface area (Å²) in [5, 5.41) is 11.4. The number of hydrogen-bond donors (Lipinski definition) is 1. The molecule has 0 bridgehead atoms.